The molecule has 2 amide bonds. The number of amides is 2. The number of aromatic nitrogens is 2. The SMILES string of the molecule is CCCCOC(=O)N(C(=O)c1nonc1OC)c1ccccc1. The lowest BCUT2D eigenvalue weighted by Crippen LogP contribution is -2.38. The molecule has 23 heavy (non-hydrogen) atoms. The molecule has 0 saturated heterocycles. The summed E-state index contributed by atoms with van der Waals surface area (Å²) < 4.78 is 14.5. The zero-order valence-electron chi connectivity index (χ0n) is 12.9. The number of nitrogens with zero attached hydrogens (tertiary/aromatic N) is 3. The van der Waals surface area contributed by atoms with E-state index in [9.17, 15) is 9.59 Å². The molecular weight excluding hydrogens is 302 g/mol. The summed E-state index contributed by atoms with van der Waals surface area (Å²) >= 11 is 0. The van der Waals surface area contributed by atoms with Gasteiger partial charge in [0, 0.05) is 0 Å². The van der Waals surface area contributed by atoms with E-state index in [4.69, 9.17) is 9.47 Å². The molecule has 0 bridgehead atoms. The number of benzene rings is 1. The lowest BCUT2D eigenvalue weighted by Gasteiger charge is -2.19. The van der Waals surface area contributed by atoms with Crippen molar-refractivity contribution < 1.29 is 23.7 Å². The smallest absolute Gasteiger partial charge is 0.421 e. The van der Waals surface area contributed by atoms with Crippen molar-refractivity contribution >= 4 is 17.7 Å². The summed E-state index contributed by atoms with van der Waals surface area (Å²) in [6, 6.07) is 8.39. The van der Waals surface area contributed by atoms with Gasteiger partial charge in [0.1, 0.15) is 0 Å². The van der Waals surface area contributed by atoms with Gasteiger partial charge in [0.25, 0.3) is 11.8 Å². The molecule has 2 rings (SSSR count). The number of anilines is 1. The minimum Gasteiger partial charge on any atom is -0.477 e. The van der Waals surface area contributed by atoms with Gasteiger partial charge in [-0.05, 0) is 28.9 Å². The van der Waals surface area contributed by atoms with Gasteiger partial charge in [0.2, 0.25) is 5.69 Å². The van der Waals surface area contributed by atoms with Crippen LogP contribution in [0.1, 0.15) is 30.3 Å². The molecule has 8 nitrogen and oxygen atoms in total. The summed E-state index contributed by atoms with van der Waals surface area (Å²) in [6.07, 6.45) is 0.782. The molecule has 2 aromatic rings. The topological polar surface area (TPSA) is 94.8 Å². The second kappa shape index (κ2) is 7.92. The number of hydrogen-bond acceptors (Lipinski definition) is 7. The lowest BCUT2D eigenvalue weighted by molar-refractivity contribution is 0.0952. The van der Waals surface area contributed by atoms with Crippen molar-refractivity contribution in [1.82, 2.24) is 10.3 Å². The van der Waals surface area contributed by atoms with E-state index in [0.29, 0.717) is 12.1 Å². The molecule has 0 unspecified atom stereocenters. The van der Waals surface area contributed by atoms with Crippen molar-refractivity contribution in [1.29, 1.82) is 0 Å². The molecule has 0 saturated carbocycles. The van der Waals surface area contributed by atoms with E-state index in [1.165, 1.54) is 7.11 Å². The highest BCUT2D eigenvalue weighted by atomic mass is 16.6. The molecule has 8 heteroatoms. The molecule has 0 spiro atoms. The Kier molecular flexibility index (Phi) is 5.67. The number of rotatable bonds is 6. The Hall–Kier alpha value is -2.90. The Balaban J connectivity index is 2.30. The molecule has 0 atom stereocenters. The maximum absolute atomic E-state index is 12.6. The zero-order chi connectivity index (χ0) is 16.7. The minimum absolute atomic E-state index is 0.0997. The predicted octanol–water partition coefficient (Wildman–Crippen LogP) is 2.66. The summed E-state index contributed by atoms with van der Waals surface area (Å²) in [5.74, 6) is -0.840. The molecule has 122 valence electrons. The monoisotopic (exact) mass is 319 g/mol. The average Bonchev–Trinajstić information content (AvgIpc) is 3.05. The Morgan fingerprint density at radius 1 is 1.22 bits per heavy atom. The van der Waals surface area contributed by atoms with Gasteiger partial charge in [-0.2, -0.15) is 0 Å². The van der Waals surface area contributed by atoms with Crippen LogP contribution in [0.5, 0.6) is 5.88 Å². The first-order chi connectivity index (χ1) is 11.2. The van der Waals surface area contributed by atoms with Crippen molar-refractivity contribution in [2.24, 2.45) is 0 Å². The maximum Gasteiger partial charge on any atom is 0.421 e. The number of hydrogen-bond donors (Lipinski definition) is 0. The van der Waals surface area contributed by atoms with Gasteiger partial charge in [-0.3, -0.25) is 4.79 Å². The predicted molar refractivity (Wildman–Crippen MR) is 80.4 cm³/mol. The molecule has 0 aliphatic rings. The molecule has 1 aromatic heterocycles. The van der Waals surface area contributed by atoms with Gasteiger partial charge in [0.05, 0.1) is 19.4 Å². The standard InChI is InChI=1S/C15H17N3O5/c1-3-4-10-22-15(20)18(11-8-6-5-7-9-11)14(19)12-13(21-2)17-23-16-12/h5-9H,3-4,10H2,1-2H3. The second-order valence-corrected chi connectivity index (χ2v) is 4.57. The van der Waals surface area contributed by atoms with Gasteiger partial charge >= 0.3 is 6.09 Å². The lowest BCUT2D eigenvalue weighted by atomic mass is 10.2. The molecule has 0 aliphatic heterocycles. The van der Waals surface area contributed by atoms with Crippen LogP contribution in [-0.2, 0) is 4.74 Å². The Morgan fingerprint density at radius 3 is 2.61 bits per heavy atom. The molecule has 0 radical (unpaired) electrons. The van der Waals surface area contributed by atoms with E-state index in [-0.39, 0.29) is 18.2 Å². The van der Waals surface area contributed by atoms with Crippen molar-refractivity contribution in [3.05, 3.63) is 36.0 Å². The number of methoxy groups -OCH3 is 1. The fraction of sp³-hybridized carbons (Fsp3) is 0.333. The molecular formula is C15H17N3O5. The number of unbranched alkanes of at least 4 members (excludes halogenated alkanes) is 1. The zero-order valence-corrected chi connectivity index (χ0v) is 12.9. The highest BCUT2D eigenvalue weighted by molar-refractivity contribution is 6.19. The van der Waals surface area contributed by atoms with Crippen molar-refractivity contribution in [3.8, 4) is 5.88 Å². The van der Waals surface area contributed by atoms with Crippen molar-refractivity contribution in [3.63, 3.8) is 0 Å². The average molecular weight is 319 g/mol. The van der Waals surface area contributed by atoms with Gasteiger partial charge in [-0.15, -0.1) is 0 Å². The second-order valence-electron chi connectivity index (χ2n) is 4.57. The summed E-state index contributed by atoms with van der Waals surface area (Å²) in [5.41, 5.74) is 0.146. The van der Waals surface area contributed by atoms with Crippen LogP contribution in [0.2, 0.25) is 0 Å². The number of para-hydroxylation sites is 1. The van der Waals surface area contributed by atoms with E-state index >= 15 is 0 Å². The van der Waals surface area contributed by atoms with Crippen LogP contribution in [0, 0.1) is 0 Å². The fourth-order valence-corrected chi connectivity index (χ4v) is 1.80. The quantitative estimate of drug-likeness (QED) is 0.755. The third-order valence-electron chi connectivity index (χ3n) is 2.98. The fourth-order valence-electron chi connectivity index (χ4n) is 1.80. The third kappa shape index (κ3) is 3.85. The summed E-state index contributed by atoms with van der Waals surface area (Å²) in [4.78, 5) is 25.8. The Bertz CT molecular complexity index is 656. The van der Waals surface area contributed by atoms with Crippen LogP contribution in [-0.4, -0.2) is 36.0 Å². The summed E-state index contributed by atoms with van der Waals surface area (Å²) in [5, 5.41) is 6.96. The van der Waals surface area contributed by atoms with E-state index in [1.54, 1.807) is 30.3 Å². The van der Waals surface area contributed by atoms with Crippen LogP contribution in [0.15, 0.2) is 35.0 Å². The largest absolute Gasteiger partial charge is 0.477 e. The Labute approximate surface area is 132 Å². The minimum atomic E-state index is -0.792. The molecule has 1 aromatic carbocycles. The van der Waals surface area contributed by atoms with Crippen molar-refractivity contribution in [2.75, 3.05) is 18.6 Å². The van der Waals surface area contributed by atoms with E-state index in [1.807, 2.05) is 6.92 Å². The first-order valence-electron chi connectivity index (χ1n) is 7.11. The van der Waals surface area contributed by atoms with Crippen LogP contribution in [0.25, 0.3) is 0 Å². The van der Waals surface area contributed by atoms with Crippen LogP contribution >= 0.6 is 0 Å². The number of imide groups is 1. The van der Waals surface area contributed by atoms with Gasteiger partial charge < -0.3 is 9.47 Å². The van der Waals surface area contributed by atoms with Gasteiger partial charge in [0.15, 0.2) is 0 Å². The van der Waals surface area contributed by atoms with Crippen LogP contribution in [0.3, 0.4) is 0 Å². The first kappa shape index (κ1) is 16.5. The van der Waals surface area contributed by atoms with Gasteiger partial charge in [-0.25, -0.2) is 14.3 Å². The van der Waals surface area contributed by atoms with Gasteiger partial charge in [-0.1, -0.05) is 31.5 Å². The normalized spacial score (nSPS) is 10.2. The van der Waals surface area contributed by atoms with E-state index in [2.05, 4.69) is 14.9 Å². The highest BCUT2D eigenvalue weighted by Crippen LogP contribution is 2.21. The van der Waals surface area contributed by atoms with E-state index < -0.39 is 12.0 Å². The van der Waals surface area contributed by atoms with Crippen LogP contribution in [0.4, 0.5) is 10.5 Å². The summed E-state index contributed by atoms with van der Waals surface area (Å²) in [7, 11) is 1.32. The number of ether oxygens (including phenoxy) is 2. The molecule has 1 heterocycles. The molecule has 0 fully saturated rings. The first-order valence-corrected chi connectivity index (χ1v) is 7.11. The van der Waals surface area contributed by atoms with E-state index in [0.717, 1.165) is 11.3 Å². The number of carbonyl (C=O) groups is 2. The maximum atomic E-state index is 12.6. The van der Waals surface area contributed by atoms with Crippen LogP contribution < -0.4 is 9.64 Å². The molecule has 0 aliphatic carbocycles. The Morgan fingerprint density at radius 2 is 1.96 bits per heavy atom. The third-order valence-corrected chi connectivity index (χ3v) is 2.98. The summed E-state index contributed by atoms with van der Waals surface area (Å²) in [6.45, 7) is 2.19. The number of carbonyl (C=O) groups excluding carboxylic acids is 2. The molecule has 0 N–H and O–H groups in total. The van der Waals surface area contributed by atoms with Crippen molar-refractivity contribution in [2.45, 2.75) is 19.8 Å². The highest BCUT2D eigenvalue weighted by Gasteiger charge is 2.31.